The van der Waals surface area contributed by atoms with Crippen LogP contribution in [0.1, 0.15) is 20.7 Å². The first-order valence-electron chi connectivity index (χ1n) is 10.6. The molecule has 0 bridgehead atoms. The molecular formula is C22H23N4O8P. The van der Waals surface area contributed by atoms with Gasteiger partial charge in [-0.2, -0.15) is 9.78 Å². The monoisotopic (exact) mass is 502 g/mol. The molecule has 1 aromatic carbocycles. The molecule has 0 saturated carbocycles. The van der Waals surface area contributed by atoms with E-state index in [2.05, 4.69) is 14.6 Å². The summed E-state index contributed by atoms with van der Waals surface area (Å²) in [4.78, 5) is 49.1. The number of rotatable bonds is 9. The summed E-state index contributed by atoms with van der Waals surface area (Å²) in [5, 5.41) is 4.18. The maximum Gasteiger partial charge on any atom is 0.524 e. The van der Waals surface area contributed by atoms with E-state index in [1.807, 2.05) is 4.90 Å². The number of nitrogens with zero attached hydrogens (tertiary/aromatic N) is 4. The van der Waals surface area contributed by atoms with E-state index in [0.29, 0.717) is 49.5 Å². The van der Waals surface area contributed by atoms with E-state index in [4.69, 9.17) is 19.3 Å². The number of ether oxygens (including phenoxy) is 2. The van der Waals surface area contributed by atoms with Gasteiger partial charge >= 0.3 is 7.82 Å². The second-order valence-electron chi connectivity index (χ2n) is 7.58. The molecule has 0 spiro atoms. The zero-order chi connectivity index (χ0) is 24.8. The van der Waals surface area contributed by atoms with Crippen LogP contribution in [-0.2, 0) is 15.9 Å². The standard InChI is InChI=1S/C22H23N4O8P/c27-14-17-19(4-1-5-20(17)34-35(29,30)31)33-15-16-3-2-7-23-22(16)18-6-8-24-26(18)21(28)13-25-9-11-32-12-10-25/h1-8,14H,9-13,15H2,(H2,29,30,31). The predicted octanol–water partition coefficient (Wildman–Crippen LogP) is 1.78. The van der Waals surface area contributed by atoms with Crippen LogP contribution in [-0.4, -0.2) is 74.5 Å². The van der Waals surface area contributed by atoms with Gasteiger partial charge in [-0.15, -0.1) is 0 Å². The Morgan fingerprint density at radius 3 is 2.63 bits per heavy atom. The molecule has 0 amide bonds. The number of phosphoric acid groups is 1. The Morgan fingerprint density at radius 2 is 1.89 bits per heavy atom. The average Bonchev–Trinajstić information content (AvgIpc) is 3.33. The number of phosphoric ester groups is 1. The quantitative estimate of drug-likeness (QED) is 0.325. The average molecular weight is 502 g/mol. The Morgan fingerprint density at radius 1 is 1.11 bits per heavy atom. The van der Waals surface area contributed by atoms with Crippen molar-refractivity contribution >= 4 is 20.0 Å². The van der Waals surface area contributed by atoms with Gasteiger partial charge in [0.1, 0.15) is 18.1 Å². The van der Waals surface area contributed by atoms with Gasteiger partial charge in [-0.1, -0.05) is 12.1 Å². The summed E-state index contributed by atoms with van der Waals surface area (Å²) in [6, 6.07) is 9.30. The number of hydrogen-bond donors (Lipinski definition) is 2. The van der Waals surface area contributed by atoms with Crippen LogP contribution in [0.15, 0.2) is 48.8 Å². The Bertz CT molecular complexity index is 1250. The van der Waals surface area contributed by atoms with E-state index in [-0.39, 0.29) is 36.1 Å². The van der Waals surface area contributed by atoms with Crippen molar-refractivity contribution in [1.29, 1.82) is 0 Å². The summed E-state index contributed by atoms with van der Waals surface area (Å²) in [6.07, 6.45) is 3.48. The lowest BCUT2D eigenvalue weighted by Crippen LogP contribution is -2.41. The van der Waals surface area contributed by atoms with Crippen LogP contribution in [0.25, 0.3) is 11.4 Å². The fourth-order valence-electron chi connectivity index (χ4n) is 3.61. The van der Waals surface area contributed by atoms with Crippen LogP contribution in [0.3, 0.4) is 0 Å². The van der Waals surface area contributed by atoms with E-state index in [1.54, 1.807) is 24.4 Å². The molecule has 184 valence electrons. The second kappa shape index (κ2) is 10.9. The third-order valence-electron chi connectivity index (χ3n) is 5.22. The van der Waals surface area contributed by atoms with Crippen molar-refractivity contribution in [1.82, 2.24) is 19.7 Å². The first-order chi connectivity index (χ1) is 16.9. The number of hydrogen-bond acceptors (Lipinski definition) is 9. The molecule has 0 radical (unpaired) electrons. The molecule has 1 aliphatic rings. The largest absolute Gasteiger partial charge is 0.524 e. The van der Waals surface area contributed by atoms with Crippen molar-refractivity contribution in [3.8, 4) is 22.9 Å². The third kappa shape index (κ3) is 6.18. The molecule has 13 heteroatoms. The van der Waals surface area contributed by atoms with Gasteiger partial charge in [-0.3, -0.25) is 29.3 Å². The highest BCUT2D eigenvalue weighted by atomic mass is 31.2. The highest BCUT2D eigenvalue weighted by Crippen LogP contribution is 2.41. The molecule has 0 atom stereocenters. The van der Waals surface area contributed by atoms with Gasteiger partial charge in [-0.05, 0) is 24.3 Å². The van der Waals surface area contributed by atoms with Crippen molar-refractivity contribution in [3.05, 3.63) is 59.9 Å². The van der Waals surface area contributed by atoms with Crippen molar-refractivity contribution in [2.24, 2.45) is 0 Å². The lowest BCUT2D eigenvalue weighted by atomic mass is 10.1. The van der Waals surface area contributed by atoms with E-state index in [0.717, 1.165) is 0 Å². The fraction of sp³-hybridized carbons (Fsp3) is 0.273. The molecule has 3 heterocycles. The van der Waals surface area contributed by atoms with Crippen molar-refractivity contribution < 1.29 is 37.9 Å². The Hall–Kier alpha value is -3.41. The maximum absolute atomic E-state index is 12.9. The Kier molecular flexibility index (Phi) is 7.69. The van der Waals surface area contributed by atoms with Gasteiger partial charge in [-0.25, -0.2) is 4.57 Å². The van der Waals surface area contributed by atoms with Crippen LogP contribution < -0.4 is 9.26 Å². The van der Waals surface area contributed by atoms with Gasteiger partial charge in [0.15, 0.2) is 6.29 Å². The predicted molar refractivity (Wildman–Crippen MR) is 122 cm³/mol. The van der Waals surface area contributed by atoms with E-state index < -0.39 is 7.82 Å². The number of morpholine rings is 1. The van der Waals surface area contributed by atoms with Gasteiger partial charge in [0.25, 0.3) is 5.91 Å². The number of carbonyl (C=O) groups excluding carboxylic acids is 2. The molecule has 35 heavy (non-hydrogen) atoms. The molecule has 4 rings (SSSR count). The topological polar surface area (TPSA) is 153 Å². The number of pyridine rings is 1. The van der Waals surface area contributed by atoms with Crippen molar-refractivity contribution in [3.63, 3.8) is 0 Å². The van der Waals surface area contributed by atoms with Crippen molar-refractivity contribution in [2.45, 2.75) is 6.61 Å². The molecule has 1 aliphatic heterocycles. The van der Waals surface area contributed by atoms with Crippen molar-refractivity contribution in [2.75, 3.05) is 32.8 Å². The minimum atomic E-state index is -4.87. The number of carbonyl (C=O) groups is 2. The first-order valence-corrected chi connectivity index (χ1v) is 12.2. The van der Waals surface area contributed by atoms with Crippen LogP contribution >= 0.6 is 7.82 Å². The molecule has 3 aromatic rings. The summed E-state index contributed by atoms with van der Waals surface area (Å²) < 4.78 is 28.2. The second-order valence-corrected chi connectivity index (χ2v) is 8.74. The minimum Gasteiger partial charge on any atom is -0.488 e. The number of aldehydes is 1. The summed E-state index contributed by atoms with van der Waals surface area (Å²) in [5.41, 5.74) is 1.41. The zero-order valence-corrected chi connectivity index (χ0v) is 19.4. The fourth-order valence-corrected chi connectivity index (χ4v) is 4.03. The highest BCUT2D eigenvalue weighted by molar-refractivity contribution is 7.46. The summed E-state index contributed by atoms with van der Waals surface area (Å²) in [6.45, 7) is 2.61. The molecular weight excluding hydrogens is 479 g/mol. The van der Waals surface area contributed by atoms with Gasteiger partial charge in [0.05, 0.1) is 42.9 Å². The summed E-state index contributed by atoms with van der Waals surface area (Å²) in [5.74, 6) is -0.448. The normalized spacial score (nSPS) is 14.5. The molecule has 2 N–H and O–H groups in total. The molecule has 12 nitrogen and oxygen atoms in total. The van der Waals surface area contributed by atoms with E-state index in [9.17, 15) is 14.2 Å². The Balaban J connectivity index is 1.55. The zero-order valence-electron chi connectivity index (χ0n) is 18.5. The summed E-state index contributed by atoms with van der Waals surface area (Å²) >= 11 is 0. The van der Waals surface area contributed by atoms with Crippen LogP contribution in [0, 0.1) is 0 Å². The number of benzene rings is 1. The smallest absolute Gasteiger partial charge is 0.488 e. The Labute approximate surface area is 200 Å². The lowest BCUT2D eigenvalue weighted by Gasteiger charge is -2.25. The van der Waals surface area contributed by atoms with Crippen LogP contribution in [0.4, 0.5) is 0 Å². The van der Waals surface area contributed by atoms with Gasteiger partial charge < -0.3 is 14.0 Å². The first kappa shape index (κ1) is 24.7. The minimum absolute atomic E-state index is 0.0494. The molecule has 2 aromatic heterocycles. The van der Waals surface area contributed by atoms with Gasteiger partial charge in [0.2, 0.25) is 0 Å². The molecule has 0 aliphatic carbocycles. The number of aromatic nitrogens is 3. The molecule has 0 unspecified atom stereocenters. The highest BCUT2D eigenvalue weighted by Gasteiger charge is 2.22. The molecule has 1 fully saturated rings. The SMILES string of the molecule is O=Cc1c(OCc2cccnc2-c2ccnn2C(=O)CN2CCOCC2)cccc1OP(=O)(O)O. The van der Waals surface area contributed by atoms with E-state index >= 15 is 0 Å². The third-order valence-corrected chi connectivity index (χ3v) is 5.65. The van der Waals surface area contributed by atoms with E-state index in [1.165, 1.54) is 29.1 Å². The van der Waals surface area contributed by atoms with Gasteiger partial charge in [0, 0.05) is 24.8 Å². The molecule has 1 saturated heterocycles. The summed E-state index contributed by atoms with van der Waals surface area (Å²) in [7, 11) is -4.87. The van der Waals surface area contributed by atoms with Crippen LogP contribution in [0.5, 0.6) is 11.5 Å². The lowest BCUT2D eigenvalue weighted by molar-refractivity contribution is 0.0345. The maximum atomic E-state index is 12.9. The van der Waals surface area contributed by atoms with Crippen LogP contribution in [0.2, 0.25) is 0 Å².